The molecule has 0 N–H and O–H groups in total. The Hall–Kier alpha value is -4.23. The van der Waals surface area contributed by atoms with Gasteiger partial charge < -0.3 is 0 Å². The van der Waals surface area contributed by atoms with Gasteiger partial charge in [-0.3, -0.25) is 10.1 Å². The minimum atomic E-state index is -4.50. The molecular weight excluding hydrogens is 465 g/mol. The van der Waals surface area contributed by atoms with Crippen LogP contribution >= 0.6 is 11.8 Å². The predicted molar refractivity (Wildman–Crippen MR) is 120 cm³/mol. The molecule has 34 heavy (non-hydrogen) atoms. The Morgan fingerprint density at radius 3 is 2.26 bits per heavy atom. The number of nitriles is 1. The maximum atomic E-state index is 13.0. The molecule has 0 aliphatic carbocycles. The summed E-state index contributed by atoms with van der Waals surface area (Å²) in [6.45, 7) is 0. The van der Waals surface area contributed by atoms with Crippen LogP contribution in [-0.4, -0.2) is 14.9 Å². The van der Waals surface area contributed by atoms with Crippen LogP contribution in [0.2, 0.25) is 0 Å². The highest BCUT2D eigenvalue weighted by Crippen LogP contribution is 2.39. The van der Waals surface area contributed by atoms with Crippen LogP contribution < -0.4 is 0 Å². The summed E-state index contributed by atoms with van der Waals surface area (Å²) in [4.78, 5) is 19.5. The fourth-order valence-corrected chi connectivity index (χ4v) is 4.16. The van der Waals surface area contributed by atoms with Crippen molar-refractivity contribution in [2.45, 2.75) is 16.2 Å². The summed E-state index contributed by atoms with van der Waals surface area (Å²) in [5.74, 6) is 0. The number of nitro groups is 1. The van der Waals surface area contributed by atoms with Gasteiger partial charge in [-0.05, 0) is 41.6 Å². The van der Waals surface area contributed by atoms with Gasteiger partial charge in [0.25, 0.3) is 0 Å². The molecule has 10 heteroatoms. The Balaban J connectivity index is 1.91. The lowest BCUT2D eigenvalue weighted by Crippen LogP contribution is -2.04. The van der Waals surface area contributed by atoms with E-state index >= 15 is 0 Å². The lowest BCUT2D eigenvalue weighted by molar-refractivity contribution is -0.388. The molecule has 2 aromatic heterocycles. The first-order valence-electron chi connectivity index (χ1n) is 9.73. The zero-order valence-electron chi connectivity index (χ0n) is 17.2. The predicted octanol–water partition coefficient (Wildman–Crippen LogP) is 6.76. The van der Waals surface area contributed by atoms with Crippen molar-refractivity contribution in [1.82, 2.24) is 9.97 Å². The van der Waals surface area contributed by atoms with E-state index < -0.39 is 16.7 Å². The third kappa shape index (κ3) is 4.74. The number of hydrogen-bond acceptors (Lipinski definition) is 6. The molecule has 0 bridgehead atoms. The van der Waals surface area contributed by atoms with Gasteiger partial charge in [0.05, 0.1) is 21.7 Å². The molecule has 0 fully saturated rings. The van der Waals surface area contributed by atoms with Crippen molar-refractivity contribution in [2.75, 3.05) is 0 Å². The standard InChI is InChI=1S/C24H13F3N4O2S/c25-24(26,27)17-10-8-15(9-11-17)18-13-20(16-5-2-1-3-6-16)30-22(19(18)14-28)34-23-21(31(32)33)7-4-12-29-23/h1-13H. The Bertz CT molecular complexity index is 1400. The first kappa shape index (κ1) is 22.9. The zero-order valence-corrected chi connectivity index (χ0v) is 18.0. The fourth-order valence-electron chi connectivity index (χ4n) is 3.22. The molecule has 0 saturated heterocycles. The van der Waals surface area contributed by atoms with Gasteiger partial charge in [0.15, 0.2) is 5.03 Å². The molecule has 0 spiro atoms. The number of nitrogens with zero attached hydrogens (tertiary/aromatic N) is 4. The van der Waals surface area contributed by atoms with Crippen LogP contribution in [0.25, 0.3) is 22.4 Å². The molecule has 4 aromatic rings. The first-order valence-corrected chi connectivity index (χ1v) is 10.5. The Morgan fingerprint density at radius 2 is 1.65 bits per heavy atom. The van der Waals surface area contributed by atoms with E-state index in [1.54, 1.807) is 30.3 Å². The second kappa shape index (κ2) is 9.33. The van der Waals surface area contributed by atoms with Crippen LogP contribution in [0.5, 0.6) is 0 Å². The number of halogens is 3. The SMILES string of the molecule is N#Cc1c(-c2ccc(C(F)(F)F)cc2)cc(-c2ccccc2)nc1Sc1ncccc1[N+](=O)[O-]. The number of alkyl halides is 3. The van der Waals surface area contributed by atoms with E-state index in [2.05, 4.69) is 16.0 Å². The zero-order chi connectivity index (χ0) is 24.3. The van der Waals surface area contributed by atoms with E-state index in [-0.39, 0.29) is 21.3 Å². The highest BCUT2D eigenvalue weighted by molar-refractivity contribution is 7.99. The molecule has 0 saturated carbocycles. The number of benzene rings is 2. The number of aromatic nitrogens is 2. The van der Waals surface area contributed by atoms with Gasteiger partial charge in [0.2, 0.25) is 0 Å². The maximum absolute atomic E-state index is 13.0. The van der Waals surface area contributed by atoms with E-state index in [0.717, 1.165) is 23.9 Å². The van der Waals surface area contributed by atoms with E-state index in [1.165, 1.54) is 30.5 Å². The Kier molecular flexibility index (Phi) is 6.30. The second-order valence-electron chi connectivity index (χ2n) is 6.97. The molecule has 6 nitrogen and oxygen atoms in total. The summed E-state index contributed by atoms with van der Waals surface area (Å²) in [5, 5.41) is 21.6. The molecule has 0 atom stereocenters. The lowest BCUT2D eigenvalue weighted by Gasteiger charge is -2.13. The molecule has 0 aliphatic heterocycles. The molecule has 0 amide bonds. The summed E-state index contributed by atoms with van der Waals surface area (Å²) in [5.41, 5.74) is 0.898. The lowest BCUT2D eigenvalue weighted by atomic mass is 9.98. The summed E-state index contributed by atoms with van der Waals surface area (Å²) in [6, 6.07) is 19.8. The van der Waals surface area contributed by atoms with Crippen molar-refractivity contribution in [3.05, 3.63) is 100 Å². The summed E-state index contributed by atoms with van der Waals surface area (Å²) < 4.78 is 39.1. The number of rotatable bonds is 5. The molecular formula is C24H13F3N4O2S. The summed E-state index contributed by atoms with van der Waals surface area (Å²) in [6.07, 6.45) is -3.11. The van der Waals surface area contributed by atoms with Gasteiger partial charge in [-0.15, -0.1) is 0 Å². The van der Waals surface area contributed by atoms with Crippen molar-refractivity contribution in [3.63, 3.8) is 0 Å². The smallest absolute Gasteiger partial charge is 0.258 e. The van der Waals surface area contributed by atoms with Crippen LogP contribution in [0.4, 0.5) is 18.9 Å². The normalized spacial score (nSPS) is 11.1. The van der Waals surface area contributed by atoms with Gasteiger partial charge in [-0.1, -0.05) is 42.5 Å². The monoisotopic (exact) mass is 478 g/mol. The Morgan fingerprint density at radius 1 is 0.941 bits per heavy atom. The third-order valence-corrected chi connectivity index (χ3v) is 5.83. The van der Waals surface area contributed by atoms with Crippen LogP contribution in [0.1, 0.15) is 11.1 Å². The van der Waals surface area contributed by atoms with Crippen molar-refractivity contribution in [3.8, 4) is 28.5 Å². The molecule has 2 aromatic carbocycles. The van der Waals surface area contributed by atoms with Crippen molar-refractivity contribution >= 4 is 17.4 Å². The largest absolute Gasteiger partial charge is 0.416 e. The molecule has 0 aliphatic rings. The molecule has 0 unspecified atom stereocenters. The van der Waals surface area contributed by atoms with Crippen LogP contribution in [0.15, 0.2) is 89.0 Å². The van der Waals surface area contributed by atoms with Crippen molar-refractivity contribution in [1.29, 1.82) is 5.26 Å². The summed E-state index contributed by atoms with van der Waals surface area (Å²) >= 11 is 0.852. The molecule has 168 valence electrons. The molecule has 2 heterocycles. The van der Waals surface area contributed by atoms with Gasteiger partial charge >= 0.3 is 11.9 Å². The number of pyridine rings is 2. The van der Waals surface area contributed by atoms with Gasteiger partial charge in [0, 0.05) is 23.4 Å². The first-order chi connectivity index (χ1) is 16.3. The van der Waals surface area contributed by atoms with Crippen LogP contribution in [0.3, 0.4) is 0 Å². The van der Waals surface area contributed by atoms with Crippen molar-refractivity contribution < 1.29 is 18.1 Å². The highest BCUT2D eigenvalue weighted by atomic mass is 32.2. The summed E-state index contributed by atoms with van der Waals surface area (Å²) in [7, 11) is 0. The van der Waals surface area contributed by atoms with Crippen molar-refractivity contribution in [2.24, 2.45) is 0 Å². The van der Waals surface area contributed by atoms with E-state index in [1.807, 2.05) is 6.07 Å². The van der Waals surface area contributed by atoms with E-state index in [9.17, 15) is 28.5 Å². The van der Waals surface area contributed by atoms with Gasteiger partial charge in [0.1, 0.15) is 11.1 Å². The second-order valence-corrected chi connectivity index (χ2v) is 7.95. The average Bonchev–Trinajstić information content (AvgIpc) is 2.84. The average molecular weight is 478 g/mol. The highest BCUT2D eigenvalue weighted by Gasteiger charge is 2.30. The van der Waals surface area contributed by atoms with E-state index in [0.29, 0.717) is 22.4 Å². The third-order valence-electron chi connectivity index (χ3n) is 4.83. The van der Waals surface area contributed by atoms with Gasteiger partial charge in [-0.25, -0.2) is 9.97 Å². The van der Waals surface area contributed by atoms with Gasteiger partial charge in [-0.2, -0.15) is 18.4 Å². The topological polar surface area (TPSA) is 92.7 Å². The maximum Gasteiger partial charge on any atom is 0.416 e. The minimum Gasteiger partial charge on any atom is -0.258 e. The molecule has 0 radical (unpaired) electrons. The quantitative estimate of drug-likeness (QED) is 0.232. The van der Waals surface area contributed by atoms with Crippen LogP contribution in [-0.2, 0) is 6.18 Å². The minimum absolute atomic E-state index is 0.0417. The fraction of sp³-hybridized carbons (Fsp3) is 0.0417. The Labute approximate surface area is 195 Å². The number of hydrogen-bond donors (Lipinski definition) is 0. The van der Waals surface area contributed by atoms with E-state index in [4.69, 9.17) is 0 Å². The van der Waals surface area contributed by atoms with Crippen LogP contribution in [0, 0.1) is 21.4 Å². The molecule has 4 rings (SSSR count).